The number of unbranched alkanes of at least 4 members (excludes halogenated alkanes) is 10. The second-order valence-corrected chi connectivity index (χ2v) is 20.1. The van der Waals surface area contributed by atoms with Crippen molar-refractivity contribution in [3.63, 3.8) is 0 Å². The van der Waals surface area contributed by atoms with Gasteiger partial charge in [-0.2, -0.15) is 0 Å². The molecule has 72 heavy (non-hydrogen) atoms. The first-order chi connectivity index (χ1) is 35.7. The maximum atomic E-state index is 5.16. The van der Waals surface area contributed by atoms with E-state index < -0.39 is 0 Å². The van der Waals surface area contributed by atoms with Crippen LogP contribution in [-0.2, 0) is 12.8 Å². The molecule has 356 valence electrons. The summed E-state index contributed by atoms with van der Waals surface area (Å²) in [6.45, 7) is 4.61. The van der Waals surface area contributed by atoms with Crippen LogP contribution in [0.15, 0.2) is 176 Å². The SMILES string of the molecule is CCCCCCCCc1ccc2c(c1)c1c(-c3ccc4c(c3)c3cccc5c6ccccc6n4c53)c(CCCCCCCC)ccc1n2-c1cccc(-c2nc(-c3ccccc3)nc(-c3ccccc3)n2)c1. The molecule has 0 aliphatic heterocycles. The predicted octanol–water partition coefficient (Wildman–Crippen LogP) is 18.6. The van der Waals surface area contributed by atoms with Crippen LogP contribution in [0.3, 0.4) is 0 Å². The molecule has 0 unspecified atom stereocenters. The molecule has 4 aromatic heterocycles. The lowest BCUT2D eigenvalue weighted by molar-refractivity contribution is 0.607. The highest BCUT2D eigenvalue weighted by Crippen LogP contribution is 2.45. The van der Waals surface area contributed by atoms with Crippen molar-refractivity contribution < 1.29 is 0 Å². The number of hydrogen-bond donors (Lipinski definition) is 0. The maximum Gasteiger partial charge on any atom is 0.164 e. The molecule has 0 amide bonds. The number of aryl methyl sites for hydroxylation is 2. The lowest BCUT2D eigenvalue weighted by Crippen LogP contribution is -2.01. The normalized spacial score (nSPS) is 12.0. The van der Waals surface area contributed by atoms with Crippen LogP contribution in [0.2, 0.25) is 0 Å². The molecule has 8 aromatic carbocycles. The molecular weight excluding hydrogens is 875 g/mol. The van der Waals surface area contributed by atoms with E-state index >= 15 is 0 Å². The van der Waals surface area contributed by atoms with Crippen molar-refractivity contribution in [3.05, 3.63) is 187 Å². The van der Waals surface area contributed by atoms with Gasteiger partial charge in [0.25, 0.3) is 0 Å². The highest BCUT2D eigenvalue weighted by atomic mass is 15.0. The number of nitrogens with zero attached hydrogens (tertiary/aromatic N) is 5. The summed E-state index contributed by atoms with van der Waals surface area (Å²) in [5, 5.41) is 7.91. The molecule has 0 radical (unpaired) electrons. The highest BCUT2D eigenvalue weighted by molar-refractivity contribution is 6.24. The van der Waals surface area contributed by atoms with Crippen molar-refractivity contribution in [2.24, 2.45) is 0 Å². The Morgan fingerprint density at radius 2 is 0.917 bits per heavy atom. The Morgan fingerprint density at radius 1 is 0.361 bits per heavy atom. The van der Waals surface area contributed by atoms with Crippen LogP contribution in [0.5, 0.6) is 0 Å². The molecule has 12 rings (SSSR count). The Morgan fingerprint density at radius 3 is 1.64 bits per heavy atom. The fraction of sp³-hybridized carbons (Fsp3) is 0.239. The molecule has 0 aliphatic carbocycles. The van der Waals surface area contributed by atoms with Crippen LogP contribution in [-0.4, -0.2) is 23.9 Å². The summed E-state index contributed by atoms with van der Waals surface area (Å²) in [6.07, 6.45) is 17.5. The van der Waals surface area contributed by atoms with Crippen LogP contribution in [0.1, 0.15) is 102 Å². The van der Waals surface area contributed by atoms with E-state index in [9.17, 15) is 0 Å². The van der Waals surface area contributed by atoms with Gasteiger partial charge >= 0.3 is 0 Å². The molecular formula is C67H63N5. The van der Waals surface area contributed by atoms with Gasteiger partial charge in [0.1, 0.15) is 0 Å². The van der Waals surface area contributed by atoms with E-state index in [-0.39, 0.29) is 0 Å². The number of rotatable bonds is 19. The summed E-state index contributed by atoms with van der Waals surface area (Å²) in [6, 6.07) is 64.7. The lowest BCUT2D eigenvalue weighted by Gasteiger charge is -2.15. The third-order valence-corrected chi connectivity index (χ3v) is 15.3. The second kappa shape index (κ2) is 20.2. The molecule has 0 saturated heterocycles. The molecule has 0 bridgehead atoms. The molecule has 12 aromatic rings. The lowest BCUT2D eigenvalue weighted by atomic mass is 9.90. The van der Waals surface area contributed by atoms with Gasteiger partial charge in [0.2, 0.25) is 0 Å². The number of hydrogen-bond acceptors (Lipinski definition) is 3. The van der Waals surface area contributed by atoms with Crippen LogP contribution < -0.4 is 0 Å². The van der Waals surface area contributed by atoms with Crippen molar-refractivity contribution in [2.45, 2.75) is 104 Å². The van der Waals surface area contributed by atoms with Gasteiger partial charge in [-0.05, 0) is 96.5 Å². The van der Waals surface area contributed by atoms with Gasteiger partial charge < -0.3 is 8.97 Å². The minimum absolute atomic E-state index is 0.653. The van der Waals surface area contributed by atoms with Crippen LogP contribution in [0.4, 0.5) is 0 Å². The zero-order valence-electron chi connectivity index (χ0n) is 41.9. The van der Waals surface area contributed by atoms with Gasteiger partial charge in [0, 0.05) is 54.7 Å². The monoisotopic (exact) mass is 938 g/mol. The van der Waals surface area contributed by atoms with Crippen molar-refractivity contribution in [1.29, 1.82) is 0 Å². The first-order valence-corrected chi connectivity index (χ1v) is 26.9. The van der Waals surface area contributed by atoms with Gasteiger partial charge in [-0.1, -0.05) is 205 Å². The molecule has 0 saturated carbocycles. The van der Waals surface area contributed by atoms with Crippen molar-refractivity contribution in [3.8, 4) is 51.0 Å². The van der Waals surface area contributed by atoms with Gasteiger partial charge in [0.15, 0.2) is 17.5 Å². The largest absolute Gasteiger partial charge is 0.309 e. The maximum absolute atomic E-state index is 5.16. The van der Waals surface area contributed by atoms with Gasteiger partial charge in [-0.25, -0.2) is 15.0 Å². The second-order valence-electron chi connectivity index (χ2n) is 20.1. The Kier molecular flexibility index (Phi) is 12.8. The minimum atomic E-state index is 0.653. The molecule has 0 fully saturated rings. The summed E-state index contributed by atoms with van der Waals surface area (Å²) in [7, 11) is 0. The predicted molar refractivity (Wildman–Crippen MR) is 305 cm³/mol. The number of para-hydroxylation sites is 2. The zero-order valence-corrected chi connectivity index (χ0v) is 41.9. The van der Waals surface area contributed by atoms with E-state index in [0.717, 1.165) is 35.2 Å². The average molecular weight is 938 g/mol. The van der Waals surface area contributed by atoms with Crippen molar-refractivity contribution >= 4 is 59.9 Å². The van der Waals surface area contributed by atoms with E-state index in [4.69, 9.17) is 15.0 Å². The fourth-order valence-corrected chi connectivity index (χ4v) is 11.7. The Balaban J connectivity index is 1.06. The van der Waals surface area contributed by atoms with Crippen LogP contribution >= 0.6 is 0 Å². The Bertz CT molecular complexity index is 3790. The first kappa shape index (κ1) is 45.5. The highest BCUT2D eigenvalue weighted by Gasteiger charge is 2.23. The summed E-state index contributed by atoms with van der Waals surface area (Å²) in [4.78, 5) is 15.3. The topological polar surface area (TPSA) is 48.0 Å². The summed E-state index contributed by atoms with van der Waals surface area (Å²) < 4.78 is 5.01. The average Bonchev–Trinajstić information content (AvgIpc) is 4.08. The Hall–Kier alpha value is -7.63. The molecule has 4 heterocycles. The molecule has 0 spiro atoms. The van der Waals surface area contributed by atoms with E-state index in [2.05, 4.69) is 162 Å². The van der Waals surface area contributed by atoms with E-state index in [1.807, 2.05) is 36.4 Å². The molecule has 5 heteroatoms. The van der Waals surface area contributed by atoms with Crippen molar-refractivity contribution in [2.75, 3.05) is 0 Å². The van der Waals surface area contributed by atoms with E-state index in [1.54, 1.807) is 0 Å². The van der Waals surface area contributed by atoms with Gasteiger partial charge in [0.05, 0.1) is 27.6 Å². The number of benzene rings is 8. The number of fused-ring (bicyclic) bond motifs is 9. The standard InChI is InChI=1S/C67H63N5/c1-3-5-7-9-11-15-25-46-37-40-60-57(43-46)63-61(71(60)52-32-23-31-51(44-52)67-69-65(48-27-17-13-18-28-48)68-66(70-67)49-29-19-14-20-30-49)42-38-47(26-16-12-10-8-6-4-2)62(63)50-39-41-59-56(45-50)55-35-24-34-54-53-33-21-22-36-58(53)72(59)64(54)55/h13-14,17-24,27-45H,3-12,15-16,25-26H2,1-2H3. The summed E-state index contributed by atoms with van der Waals surface area (Å²) in [5.74, 6) is 1.97. The smallest absolute Gasteiger partial charge is 0.164 e. The third kappa shape index (κ3) is 8.49. The van der Waals surface area contributed by atoms with Crippen LogP contribution in [0.25, 0.3) is 111 Å². The quantitative estimate of drug-likeness (QED) is 0.0759. The number of aromatic nitrogens is 5. The van der Waals surface area contributed by atoms with Gasteiger partial charge in [-0.15, -0.1) is 0 Å². The molecule has 0 N–H and O–H groups in total. The third-order valence-electron chi connectivity index (χ3n) is 15.3. The first-order valence-electron chi connectivity index (χ1n) is 26.9. The van der Waals surface area contributed by atoms with Gasteiger partial charge in [-0.3, -0.25) is 0 Å². The van der Waals surface area contributed by atoms with E-state index in [1.165, 1.54) is 159 Å². The van der Waals surface area contributed by atoms with Crippen molar-refractivity contribution in [1.82, 2.24) is 23.9 Å². The Labute approximate surface area is 423 Å². The molecule has 0 aliphatic rings. The minimum Gasteiger partial charge on any atom is -0.309 e. The summed E-state index contributed by atoms with van der Waals surface area (Å²) in [5.41, 5.74) is 15.7. The molecule has 5 nitrogen and oxygen atoms in total. The zero-order chi connectivity index (χ0) is 48.4. The van der Waals surface area contributed by atoms with E-state index in [0.29, 0.717) is 17.5 Å². The fourth-order valence-electron chi connectivity index (χ4n) is 11.7. The molecule has 0 atom stereocenters. The summed E-state index contributed by atoms with van der Waals surface area (Å²) >= 11 is 0. The van der Waals surface area contributed by atoms with Crippen LogP contribution in [0, 0.1) is 0 Å².